The minimum absolute atomic E-state index is 0.0984. The molecular weight excluding hydrogens is 527 g/mol. The van der Waals surface area contributed by atoms with Gasteiger partial charge in [-0.25, -0.2) is 23.0 Å². The second-order valence-corrected chi connectivity index (χ2v) is 9.64. The number of ether oxygens (including phenoxy) is 1. The smallest absolute Gasteiger partial charge is 0.478 e. The number of hydrogen-bond acceptors (Lipinski definition) is 6. The standard InChI is InChI=1S/C22H17ClF3N3O6S/c23-18-3-1-2-17(20(30)31)16(18)10-11-36(33,34)19-9-6-14(12-27-19)29-21(32)28-13-4-7-15(8-5-13)35-22(24,25)26/h1-9,12H,10-11H2,(H,30,31)(H2,28,29,32). The summed E-state index contributed by atoms with van der Waals surface area (Å²) in [7, 11) is -3.91. The van der Waals surface area contributed by atoms with Crippen LogP contribution in [-0.4, -0.2) is 42.6 Å². The summed E-state index contributed by atoms with van der Waals surface area (Å²) in [6.07, 6.45) is -3.89. The molecule has 0 saturated heterocycles. The van der Waals surface area contributed by atoms with Crippen LogP contribution in [0.4, 0.5) is 29.3 Å². The van der Waals surface area contributed by atoms with Gasteiger partial charge in [-0.1, -0.05) is 17.7 Å². The first-order chi connectivity index (χ1) is 16.8. The summed E-state index contributed by atoms with van der Waals surface area (Å²) in [4.78, 5) is 27.3. The van der Waals surface area contributed by atoms with Gasteiger partial charge < -0.3 is 20.5 Å². The van der Waals surface area contributed by atoms with Crippen LogP contribution in [0.2, 0.25) is 5.02 Å². The van der Waals surface area contributed by atoms with Gasteiger partial charge in [-0.15, -0.1) is 13.2 Å². The number of nitrogens with one attached hydrogen (secondary N) is 2. The molecule has 3 N–H and O–H groups in total. The quantitative estimate of drug-likeness (QED) is 0.364. The van der Waals surface area contributed by atoms with E-state index in [9.17, 15) is 36.3 Å². The Morgan fingerprint density at radius 1 is 1.00 bits per heavy atom. The highest BCUT2D eigenvalue weighted by Crippen LogP contribution is 2.25. The molecule has 2 amide bonds. The number of aromatic carboxylic acids is 1. The summed E-state index contributed by atoms with van der Waals surface area (Å²) in [6.45, 7) is 0. The van der Waals surface area contributed by atoms with Gasteiger partial charge in [-0.2, -0.15) is 0 Å². The molecule has 3 aromatic rings. The third-order valence-corrected chi connectivity index (χ3v) is 6.60. The second-order valence-electron chi connectivity index (χ2n) is 7.18. The highest BCUT2D eigenvalue weighted by atomic mass is 35.5. The number of carboxylic acid groups (broad SMARTS) is 1. The summed E-state index contributed by atoms with van der Waals surface area (Å²) < 4.78 is 65.7. The fraction of sp³-hybridized carbons (Fsp3) is 0.136. The zero-order valence-corrected chi connectivity index (χ0v) is 19.6. The third kappa shape index (κ3) is 7.33. The number of carboxylic acids is 1. The number of benzene rings is 2. The molecule has 0 aliphatic rings. The number of amides is 2. The van der Waals surface area contributed by atoms with E-state index in [1.54, 1.807) is 0 Å². The van der Waals surface area contributed by atoms with Crippen molar-refractivity contribution in [3.05, 3.63) is 76.9 Å². The van der Waals surface area contributed by atoms with Crippen molar-refractivity contribution in [2.24, 2.45) is 0 Å². The van der Waals surface area contributed by atoms with Crippen molar-refractivity contribution in [2.75, 3.05) is 16.4 Å². The summed E-state index contributed by atoms with van der Waals surface area (Å²) in [5, 5.41) is 13.9. The van der Waals surface area contributed by atoms with E-state index in [4.69, 9.17) is 11.6 Å². The first-order valence-corrected chi connectivity index (χ1v) is 12.0. The van der Waals surface area contributed by atoms with Crippen LogP contribution in [-0.2, 0) is 16.3 Å². The first-order valence-electron chi connectivity index (χ1n) is 9.97. The Bertz CT molecular complexity index is 1370. The first kappa shape index (κ1) is 26.8. The van der Waals surface area contributed by atoms with Crippen molar-refractivity contribution in [1.29, 1.82) is 0 Å². The molecule has 0 spiro atoms. The van der Waals surface area contributed by atoms with Crippen LogP contribution in [0.3, 0.4) is 0 Å². The lowest BCUT2D eigenvalue weighted by Gasteiger charge is -2.11. The molecule has 0 atom stereocenters. The Balaban J connectivity index is 1.60. The zero-order chi connectivity index (χ0) is 26.5. The van der Waals surface area contributed by atoms with Crippen LogP contribution in [0, 0.1) is 0 Å². The Morgan fingerprint density at radius 3 is 2.22 bits per heavy atom. The number of pyridine rings is 1. The van der Waals surface area contributed by atoms with E-state index in [2.05, 4.69) is 20.4 Å². The summed E-state index contributed by atoms with van der Waals surface area (Å²) in [5.41, 5.74) is 0.402. The van der Waals surface area contributed by atoms with E-state index in [1.807, 2.05) is 0 Å². The van der Waals surface area contributed by atoms with Gasteiger partial charge in [0.2, 0.25) is 0 Å². The van der Waals surface area contributed by atoms with Gasteiger partial charge >= 0.3 is 18.4 Å². The normalized spacial score (nSPS) is 11.6. The lowest BCUT2D eigenvalue weighted by Crippen LogP contribution is -2.20. The molecule has 1 aromatic heterocycles. The molecule has 0 saturated carbocycles. The summed E-state index contributed by atoms with van der Waals surface area (Å²) in [5.74, 6) is -2.14. The number of halogens is 4. The molecule has 0 radical (unpaired) electrons. The third-order valence-electron chi connectivity index (χ3n) is 4.63. The molecule has 190 valence electrons. The van der Waals surface area contributed by atoms with E-state index in [0.29, 0.717) is 0 Å². The number of aromatic nitrogens is 1. The lowest BCUT2D eigenvalue weighted by molar-refractivity contribution is -0.274. The van der Waals surface area contributed by atoms with Crippen LogP contribution < -0.4 is 15.4 Å². The van der Waals surface area contributed by atoms with Crippen LogP contribution >= 0.6 is 11.6 Å². The van der Waals surface area contributed by atoms with Gasteiger partial charge in [0.25, 0.3) is 0 Å². The average molecular weight is 544 g/mol. The fourth-order valence-electron chi connectivity index (χ4n) is 3.03. The maximum Gasteiger partial charge on any atom is 0.573 e. The number of sulfone groups is 1. The molecular formula is C22H17ClF3N3O6S. The zero-order valence-electron chi connectivity index (χ0n) is 18.0. The predicted molar refractivity (Wildman–Crippen MR) is 124 cm³/mol. The van der Waals surface area contributed by atoms with Crippen molar-refractivity contribution in [3.8, 4) is 5.75 Å². The van der Waals surface area contributed by atoms with Gasteiger partial charge in [-0.3, -0.25) is 0 Å². The van der Waals surface area contributed by atoms with Gasteiger partial charge in [0.1, 0.15) is 5.75 Å². The van der Waals surface area contributed by atoms with Crippen LogP contribution in [0.5, 0.6) is 5.75 Å². The molecule has 2 aromatic carbocycles. The fourth-order valence-corrected chi connectivity index (χ4v) is 4.47. The van der Waals surface area contributed by atoms with Crippen LogP contribution in [0.15, 0.2) is 65.8 Å². The van der Waals surface area contributed by atoms with E-state index in [1.165, 1.54) is 42.5 Å². The van der Waals surface area contributed by atoms with Gasteiger partial charge in [-0.05, 0) is 60.5 Å². The molecule has 1 heterocycles. The Labute approximate surface area is 207 Å². The number of rotatable bonds is 8. The van der Waals surface area contributed by atoms with E-state index >= 15 is 0 Å². The van der Waals surface area contributed by atoms with Crippen molar-refractivity contribution in [3.63, 3.8) is 0 Å². The molecule has 0 unspecified atom stereocenters. The second kappa shape index (κ2) is 10.8. The Morgan fingerprint density at radius 2 is 1.64 bits per heavy atom. The molecule has 0 aliphatic carbocycles. The molecule has 3 rings (SSSR count). The number of hydrogen-bond donors (Lipinski definition) is 3. The number of anilines is 2. The average Bonchev–Trinajstić information content (AvgIpc) is 2.78. The molecule has 0 fully saturated rings. The molecule has 9 nitrogen and oxygen atoms in total. The van der Waals surface area contributed by atoms with Crippen molar-refractivity contribution >= 4 is 44.8 Å². The van der Waals surface area contributed by atoms with Crippen LogP contribution in [0.25, 0.3) is 0 Å². The summed E-state index contributed by atoms with van der Waals surface area (Å²) in [6, 6.07) is 10.4. The number of alkyl halides is 3. The van der Waals surface area contributed by atoms with Gasteiger partial charge in [0.15, 0.2) is 14.9 Å². The maximum atomic E-state index is 12.7. The van der Waals surface area contributed by atoms with Gasteiger partial charge in [0, 0.05) is 10.7 Å². The van der Waals surface area contributed by atoms with Crippen molar-refractivity contribution in [1.82, 2.24) is 4.98 Å². The highest BCUT2D eigenvalue weighted by molar-refractivity contribution is 7.91. The number of urea groups is 1. The molecule has 0 bridgehead atoms. The molecule has 36 heavy (non-hydrogen) atoms. The summed E-state index contributed by atoms with van der Waals surface area (Å²) >= 11 is 6.04. The largest absolute Gasteiger partial charge is 0.573 e. The van der Waals surface area contributed by atoms with Gasteiger partial charge in [0.05, 0.1) is 23.2 Å². The minimum Gasteiger partial charge on any atom is -0.478 e. The Kier molecular flexibility index (Phi) is 8.05. The topological polar surface area (TPSA) is 135 Å². The van der Waals surface area contributed by atoms with E-state index < -0.39 is 39.7 Å². The maximum absolute atomic E-state index is 12.7. The van der Waals surface area contributed by atoms with E-state index in [-0.39, 0.29) is 39.0 Å². The Hall–Kier alpha value is -3.84. The number of carbonyl (C=O) groups excluding carboxylic acids is 1. The van der Waals surface area contributed by atoms with Crippen molar-refractivity contribution < 1.29 is 41.0 Å². The van der Waals surface area contributed by atoms with Crippen molar-refractivity contribution in [2.45, 2.75) is 17.8 Å². The SMILES string of the molecule is O=C(Nc1ccc(OC(F)(F)F)cc1)Nc1ccc(S(=O)(=O)CCc2c(Cl)cccc2C(=O)O)nc1. The molecule has 14 heteroatoms. The monoisotopic (exact) mass is 543 g/mol. The number of carbonyl (C=O) groups is 2. The molecule has 0 aliphatic heterocycles. The predicted octanol–water partition coefficient (Wildman–Crippen LogP) is 4.99. The number of nitrogens with zero attached hydrogens (tertiary/aromatic N) is 1. The highest BCUT2D eigenvalue weighted by Gasteiger charge is 2.31. The van der Waals surface area contributed by atoms with E-state index in [0.717, 1.165) is 18.3 Å². The van der Waals surface area contributed by atoms with Crippen LogP contribution in [0.1, 0.15) is 15.9 Å². The minimum atomic E-state index is -4.84. The lowest BCUT2D eigenvalue weighted by atomic mass is 10.1.